The predicted molar refractivity (Wildman–Crippen MR) is 53.8 cm³/mol. The first-order chi connectivity index (χ1) is 6.63. The van der Waals surface area contributed by atoms with Gasteiger partial charge in [0.1, 0.15) is 0 Å². The fourth-order valence-electron chi connectivity index (χ4n) is 1.36. The summed E-state index contributed by atoms with van der Waals surface area (Å²) in [7, 11) is 0. The summed E-state index contributed by atoms with van der Waals surface area (Å²) in [5.41, 5.74) is 0.902. The molecule has 0 spiro atoms. The van der Waals surface area contributed by atoms with Crippen LogP contribution in [0, 0.1) is 17.2 Å². The first kappa shape index (κ1) is 10.6. The van der Waals surface area contributed by atoms with Crippen LogP contribution < -0.4 is 5.56 Å². The molecule has 0 unspecified atom stereocenters. The summed E-state index contributed by atoms with van der Waals surface area (Å²) in [6, 6.07) is 3.62. The SMILES string of the molecule is CC(C)Cc1cc(=O)n(CCC#N)[nH]1. The molecule has 76 valence electrons. The molecule has 0 aliphatic rings. The van der Waals surface area contributed by atoms with Crippen molar-refractivity contribution in [3.05, 3.63) is 22.1 Å². The topological polar surface area (TPSA) is 61.6 Å². The maximum atomic E-state index is 11.3. The molecule has 0 aliphatic heterocycles. The van der Waals surface area contributed by atoms with E-state index in [9.17, 15) is 4.79 Å². The largest absolute Gasteiger partial charge is 0.300 e. The highest BCUT2D eigenvalue weighted by atomic mass is 16.1. The van der Waals surface area contributed by atoms with Crippen molar-refractivity contribution in [2.45, 2.75) is 33.2 Å². The van der Waals surface area contributed by atoms with Gasteiger partial charge in [0.05, 0.1) is 19.0 Å². The number of hydrogen-bond donors (Lipinski definition) is 1. The Kier molecular flexibility index (Phi) is 3.52. The molecule has 1 rings (SSSR count). The summed E-state index contributed by atoms with van der Waals surface area (Å²) >= 11 is 0. The predicted octanol–water partition coefficient (Wildman–Crippen LogP) is 1.29. The number of rotatable bonds is 4. The zero-order valence-electron chi connectivity index (χ0n) is 8.58. The third kappa shape index (κ3) is 2.77. The summed E-state index contributed by atoms with van der Waals surface area (Å²) < 4.78 is 1.49. The van der Waals surface area contributed by atoms with Crippen molar-refractivity contribution in [1.29, 1.82) is 5.26 Å². The van der Waals surface area contributed by atoms with Crippen molar-refractivity contribution in [1.82, 2.24) is 9.78 Å². The fourth-order valence-corrected chi connectivity index (χ4v) is 1.36. The lowest BCUT2D eigenvalue weighted by Gasteiger charge is -2.01. The van der Waals surface area contributed by atoms with Crippen molar-refractivity contribution in [3.8, 4) is 6.07 Å². The highest BCUT2D eigenvalue weighted by Gasteiger charge is 2.04. The zero-order valence-corrected chi connectivity index (χ0v) is 8.58. The molecule has 0 saturated carbocycles. The highest BCUT2D eigenvalue weighted by molar-refractivity contribution is 5.00. The third-order valence-electron chi connectivity index (χ3n) is 1.92. The first-order valence-corrected chi connectivity index (χ1v) is 4.79. The summed E-state index contributed by atoms with van der Waals surface area (Å²) in [6.45, 7) is 4.66. The molecular weight excluding hydrogens is 178 g/mol. The zero-order chi connectivity index (χ0) is 10.6. The summed E-state index contributed by atoms with van der Waals surface area (Å²) in [5, 5.41) is 11.4. The molecule has 0 amide bonds. The second kappa shape index (κ2) is 4.66. The van der Waals surface area contributed by atoms with Crippen molar-refractivity contribution >= 4 is 0 Å². The van der Waals surface area contributed by atoms with Crippen LogP contribution in [0.2, 0.25) is 0 Å². The minimum atomic E-state index is -0.0455. The first-order valence-electron chi connectivity index (χ1n) is 4.79. The summed E-state index contributed by atoms with van der Waals surface area (Å²) in [6.07, 6.45) is 1.23. The maximum Gasteiger partial charge on any atom is 0.266 e. The molecule has 0 atom stereocenters. The van der Waals surface area contributed by atoms with Crippen molar-refractivity contribution in [2.75, 3.05) is 0 Å². The molecule has 0 fully saturated rings. The van der Waals surface area contributed by atoms with Crippen LogP contribution in [-0.4, -0.2) is 9.78 Å². The van der Waals surface area contributed by atoms with Gasteiger partial charge < -0.3 is 0 Å². The number of aromatic amines is 1. The van der Waals surface area contributed by atoms with E-state index in [-0.39, 0.29) is 5.56 Å². The minimum Gasteiger partial charge on any atom is -0.300 e. The van der Waals surface area contributed by atoms with Crippen molar-refractivity contribution in [2.24, 2.45) is 5.92 Å². The lowest BCUT2D eigenvalue weighted by atomic mass is 10.1. The van der Waals surface area contributed by atoms with Gasteiger partial charge in [0, 0.05) is 11.8 Å². The molecule has 4 nitrogen and oxygen atoms in total. The fraction of sp³-hybridized carbons (Fsp3) is 0.600. The van der Waals surface area contributed by atoms with E-state index >= 15 is 0 Å². The normalized spacial score (nSPS) is 10.4. The van der Waals surface area contributed by atoms with E-state index < -0.39 is 0 Å². The van der Waals surface area contributed by atoms with E-state index in [1.807, 2.05) is 6.07 Å². The number of aryl methyl sites for hydroxylation is 1. The van der Waals surface area contributed by atoms with Gasteiger partial charge in [-0.1, -0.05) is 13.8 Å². The molecule has 1 N–H and O–H groups in total. The van der Waals surface area contributed by atoms with Crippen LogP contribution in [0.1, 0.15) is 26.0 Å². The lowest BCUT2D eigenvalue weighted by Crippen LogP contribution is -2.15. The van der Waals surface area contributed by atoms with Crippen LogP contribution >= 0.6 is 0 Å². The molecule has 14 heavy (non-hydrogen) atoms. The summed E-state index contributed by atoms with van der Waals surface area (Å²) in [5.74, 6) is 0.525. The average Bonchev–Trinajstić information content (AvgIpc) is 2.41. The van der Waals surface area contributed by atoms with Gasteiger partial charge in [-0.05, 0) is 12.3 Å². The average molecular weight is 193 g/mol. The van der Waals surface area contributed by atoms with Gasteiger partial charge in [-0.15, -0.1) is 0 Å². The van der Waals surface area contributed by atoms with Crippen molar-refractivity contribution < 1.29 is 0 Å². The standard InChI is InChI=1S/C10H15N3O/c1-8(2)6-9-7-10(14)13(12-9)5-3-4-11/h7-8,12H,3,5-6H2,1-2H3. The van der Waals surface area contributed by atoms with Crippen LogP contribution in [0.25, 0.3) is 0 Å². The number of nitrogens with one attached hydrogen (secondary N) is 1. The van der Waals surface area contributed by atoms with Gasteiger partial charge in [-0.2, -0.15) is 5.26 Å². The number of nitriles is 1. The Morgan fingerprint density at radius 3 is 2.93 bits per heavy atom. The Labute approximate surface area is 83.1 Å². The highest BCUT2D eigenvalue weighted by Crippen LogP contribution is 2.02. The lowest BCUT2D eigenvalue weighted by molar-refractivity contribution is 0.577. The molecule has 0 aliphatic carbocycles. The van der Waals surface area contributed by atoms with Crippen LogP contribution in [0.4, 0.5) is 0 Å². The Morgan fingerprint density at radius 2 is 2.36 bits per heavy atom. The van der Waals surface area contributed by atoms with E-state index in [0.717, 1.165) is 12.1 Å². The molecule has 0 radical (unpaired) electrons. The monoisotopic (exact) mass is 193 g/mol. The van der Waals surface area contributed by atoms with Gasteiger partial charge in [0.25, 0.3) is 5.56 Å². The second-order valence-corrected chi connectivity index (χ2v) is 3.78. The third-order valence-corrected chi connectivity index (χ3v) is 1.92. The Morgan fingerprint density at radius 1 is 1.64 bits per heavy atom. The van der Waals surface area contributed by atoms with E-state index in [4.69, 9.17) is 5.26 Å². The number of nitrogens with zero attached hydrogens (tertiary/aromatic N) is 2. The molecule has 0 aromatic carbocycles. The molecular formula is C10H15N3O. The Bertz CT molecular complexity index is 381. The molecule has 1 heterocycles. The molecule has 0 saturated heterocycles. The minimum absolute atomic E-state index is 0.0455. The smallest absolute Gasteiger partial charge is 0.266 e. The van der Waals surface area contributed by atoms with Gasteiger partial charge in [-0.3, -0.25) is 14.6 Å². The quantitative estimate of drug-likeness (QED) is 0.783. The summed E-state index contributed by atoms with van der Waals surface area (Å²) in [4.78, 5) is 11.3. The van der Waals surface area contributed by atoms with Gasteiger partial charge in [0.2, 0.25) is 0 Å². The number of aromatic nitrogens is 2. The number of hydrogen-bond acceptors (Lipinski definition) is 2. The Balaban J connectivity index is 2.73. The van der Waals surface area contributed by atoms with Gasteiger partial charge >= 0.3 is 0 Å². The van der Waals surface area contributed by atoms with Gasteiger partial charge in [0.15, 0.2) is 0 Å². The van der Waals surface area contributed by atoms with E-state index in [2.05, 4.69) is 18.9 Å². The van der Waals surface area contributed by atoms with Crippen LogP contribution in [-0.2, 0) is 13.0 Å². The molecule has 4 heteroatoms. The van der Waals surface area contributed by atoms with Gasteiger partial charge in [-0.25, -0.2) is 0 Å². The number of H-pyrrole nitrogens is 1. The van der Waals surface area contributed by atoms with Crippen LogP contribution in [0.3, 0.4) is 0 Å². The second-order valence-electron chi connectivity index (χ2n) is 3.78. The van der Waals surface area contributed by atoms with Crippen LogP contribution in [0.15, 0.2) is 10.9 Å². The van der Waals surface area contributed by atoms with E-state index in [0.29, 0.717) is 18.9 Å². The Hall–Kier alpha value is -1.50. The van der Waals surface area contributed by atoms with E-state index in [1.54, 1.807) is 6.07 Å². The van der Waals surface area contributed by atoms with Crippen molar-refractivity contribution in [3.63, 3.8) is 0 Å². The molecule has 1 aromatic heterocycles. The van der Waals surface area contributed by atoms with E-state index in [1.165, 1.54) is 4.68 Å². The molecule has 0 bridgehead atoms. The molecule has 1 aromatic rings. The maximum absolute atomic E-state index is 11.3. The van der Waals surface area contributed by atoms with Crippen LogP contribution in [0.5, 0.6) is 0 Å².